The van der Waals surface area contributed by atoms with E-state index in [0.29, 0.717) is 13.0 Å². The van der Waals surface area contributed by atoms with Crippen LogP contribution in [0.1, 0.15) is 26.2 Å². The molecule has 2 N–H and O–H groups in total. The van der Waals surface area contributed by atoms with Gasteiger partial charge in [0.2, 0.25) is 5.91 Å². The van der Waals surface area contributed by atoms with Crippen LogP contribution >= 0.6 is 0 Å². The standard InChI is InChI=1S/C10H20N2O3S/c1-2-16(14,15)8-4-7-11-9-5-3-6-12-10(9)13/h9,11H,2-8H2,1H3,(H,12,13). The normalized spacial score (nSPS) is 21.8. The van der Waals surface area contributed by atoms with E-state index in [9.17, 15) is 13.2 Å². The van der Waals surface area contributed by atoms with E-state index in [0.717, 1.165) is 19.4 Å². The fraction of sp³-hybridized carbons (Fsp3) is 0.900. The first-order valence-corrected chi connectivity index (χ1v) is 7.59. The van der Waals surface area contributed by atoms with Crippen LogP contribution in [0.3, 0.4) is 0 Å². The molecule has 1 amide bonds. The lowest BCUT2D eigenvalue weighted by Gasteiger charge is -2.22. The minimum absolute atomic E-state index is 0.0320. The third kappa shape index (κ3) is 4.49. The van der Waals surface area contributed by atoms with Crippen LogP contribution in [0.15, 0.2) is 0 Å². The zero-order valence-electron chi connectivity index (χ0n) is 9.66. The van der Waals surface area contributed by atoms with Gasteiger partial charge in [-0.05, 0) is 25.8 Å². The Morgan fingerprint density at radius 2 is 2.25 bits per heavy atom. The van der Waals surface area contributed by atoms with E-state index in [4.69, 9.17) is 0 Å². The predicted molar refractivity (Wildman–Crippen MR) is 63.0 cm³/mol. The van der Waals surface area contributed by atoms with Crippen molar-refractivity contribution in [3.63, 3.8) is 0 Å². The van der Waals surface area contributed by atoms with Crippen molar-refractivity contribution in [2.24, 2.45) is 0 Å². The number of sulfone groups is 1. The first kappa shape index (κ1) is 13.4. The molecule has 0 aromatic carbocycles. The number of carbonyl (C=O) groups excluding carboxylic acids is 1. The molecule has 1 fully saturated rings. The topological polar surface area (TPSA) is 75.3 Å². The molecule has 0 aliphatic carbocycles. The molecular weight excluding hydrogens is 228 g/mol. The number of piperidine rings is 1. The minimum atomic E-state index is -2.88. The highest BCUT2D eigenvalue weighted by Gasteiger charge is 2.20. The zero-order valence-corrected chi connectivity index (χ0v) is 10.5. The zero-order chi connectivity index (χ0) is 12.0. The minimum Gasteiger partial charge on any atom is -0.355 e. The highest BCUT2D eigenvalue weighted by molar-refractivity contribution is 7.91. The summed E-state index contributed by atoms with van der Waals surface area (Å²) in [5, 5.41) is 5.87. The molecule has 1 aliphatic rings. The average molecular weight is 248 g/mol. The van der Waals surface area contributed by atoms with Crippen LogP contribution in [0.25, 0.3) is 0 Å². The third-order valence-corrected chi connectivity index (χ3v) is 4.54. The van der Waals surface area contributed by atoms with Crippen molar-refractivity contribution in [1.82, 2.24) is 10.6 Å². The van der Waals surface area contributed by atoms with E-state index < -0.39 is 9.84 Å². The molecule has 94 valence electrons. The van der Waals surface area contributed by atoms with Crippen LogP contribution in [-0.2, 0) is 14.6 Å². The van der Waals surface area contributed by atoms with Crippen molar-refractivity contribution in [1.29, 1.82) is 0 Å². The fourth-order valence-corrected chi connectivity index (χ4v) is 2.55. The summed E-state index contributed by atoms with van der Waals surface area (Å²) in [5.74, 6) is 0.423. The van der Waals surface area contributed by atoms with Gasteiger partial charge in [0.25, 0.3) is 0 Å². The molecule has 1 unspecified atom stereocenters. The van der Waals surface area contributed by atoms with Crippen molar-refractivity contribution in [3.8, 4) is 0 Å². The van der Waals surface area contributed by atoms with Crippen LogP contribution in [0.2, 0.25) is 0 Å². The molecule has 0 saturated carbocycles. The number of carbonyl (C=O) groups is 1. The first-order chi connectivity index (χ1) is 7.55. The van der Waals surface area contributed by atoms with E-state index in [1.54, 1.807) is 6.92 Å². The summed E-state index contributed by atoms with van der Waals surface area (Å²) in [6.45, 7) is 2.98. The van der Waals surface area contributed by atoms with Gasteiger partial charge in [0.1, 0.15) is 9.84 Å². The van der Waals surface area contributed by atoms with Crippen molar-refractivity contribution < 1.29 is 13.2 Å². The fourth-order valence-electron chi connectivity index (χ4n) is 1.68. The van der Waals surface area contributed by atoms with Crippen LogP contribution in [0, 0.1) is 0 Å². The van der Waals surface area contributed by atoms with Gasteiger partial charge >= 0.3 is 0 Å². The number of rotatable bonds is 6. The maximum Gasteiger partial charge on any atom is 0.237 e. The summed E-state index contributed by atoms with van der Waals surface area (Å²) < 4.78 is 22.4. The van der Waals surface area contributed by atoms with Gasteiger partial charge in [-0.1, -0.05) is 6.92 Å². The van der Waals surface area contributed by atoms with E-state index in [2.05, 4.69) is 10.6 Å². The number of nitrogens with one attached hydrogen (secondary N) is 2. The number of hydrogen-bond donors (Lipinski definition) is 2. The van der Waals surface area contributed by atoms with Gasteiger partial charge in [-0.2, -0.15) is 0 Å². The molecule has 5 nitrogen and oxygen atoms in total. The Balaban J connectivity index is 2.18. The van der Waals surface area contributed by atoms with Gasteiger partial charge in [-0.15, -0.1) is 0 Å². The predicted octanol–water partition coefficient (Wildman–Crippen LogP) is -0.321. The van der Waals surface area contributed by atoms with Crippen molar-refractivity contribution in [3.05, 3.63) is 0 Å². The Kier molecular flexibility index (Phi) is 5.21. The lowest BCUT2D eigenvalue weighted by Crippen LogP contribution is -2.48. The summed E-state index contributed by atoms with van der Waals surface area (Å²) in [6, 6.07) is -0.141. The summed E-state index contributed by atoms with van der Waals surface area (Å²) in [4.78, 5) is 11.3. The third-order valence-electron chi connectivity index (χ3n) is 2.75. The van der Waals surface area contributed by atoms with E-state index in [-0.39, 0.29) is 23.5 Å². The SMILES string of the molecule is CCS(=O)(=O)CCCNC1CCCNC1=O. The Morgan fingerprint density at radius 1 is 1.50 bits per heavy atom. The van der Waals surface area contributed by atoms with Crippen LogP contribution < -0.4 is 10.6 Å². The molecule has 0 spiro atoms. The molecule has 1 saturated heterocycles. The van der Waals surface area contributed by atoms with Crippen molar-refractivity contribution in [2.75, 3.05) is 24.6 Å². The van der Waals surface area contributed by atoms with Gasteiger partial charge in [0.05, 0.1) is 11.8 Å². The van der Waals surface area contributed by atoms with Crippen molar-refractivity contribution >= 4 is 15.7 Å². The Bertz CT molecular complexity index is 327. The molecule has 1 atom stereocenters. The van der Waals surface area contributed by atoms with E-state index >= 15 is 0 Å². The summed E-state index contributed by atoms with van der Waals surface area (Å²) >= 11 is 0. The van der Waals surface area contributed by atoms with Gasteiger partial charge in [0, 0.05) is 12.3 Å². The molecule has 6 heteroatoms. The van der Waals surface area contributed by atoms with E-state index in [1.165, 1.54) is 0 Å². The lowest BCUT2D eigenvalue weighted by atomic mass is 10.1. The van der Waals surface area contributed by atoms with E-state index in [1.807, 2.05) is 0 Å². The molecule has 0 bridgehead atoms. The molecule has 1 heterocycles. The molecule has 1 rings (SSSR count). The van der Waals surface area contributed by atoms with Crippen LogP contribution in [0.4, 0.5) is 0 Å². The van der Waals surface area contributed by atoms with Crippen molar-refractivity contribution in [2.45, 2.75) is 32.2 Å². The number of hydrogen-bond acceptors (Lipinski definition) is 4. The summed E-state index contributed by atoms with van der Waals surface area (Å²) in [6.07, 6.45) is 2.39. The van der Waals surface area contributed by atoms with Crippen LogP contribution in [-0.4, -0.2) is 45.0 Å². The molecule has 16 heavy (non-hydrogen) atoms. The van der Waals surface area contributed by atoms with Gasteiger partial charge in [-0.25, -0.2) is 8.42 Å². The quantitative estimate of drug-likeness (QED) is 0.632. The monoisotopic (exact) mass is 248 g/mol. The molecule has 0 aromatic rings. The highest BCUT2D eigenvalue weighted by atomic mass is 32.2. The highest BCUT2D eigenvalue weighted by Crippen LogP contribution is 2.02. The summed E-state index contributed by atoms with van der Waals surface area (Å²) in [5.41, 5.74) is 0. The Hall–Kier alpha value is -0.620. The molecule has 0 radical (unpaired) electrons. The number of amides is 1. The van der Waals surface area contributed by atoms with Gasteiger partial charge in [0.15, 0.2) is 0 Å². The maximum atomic E-state index is 11.3. The first-order valence-electron chi connectivity index (χ1n) is 5.76. The molecule has 0 aromatic heterocycles. The van der Waals surface area contributed by atoms with Gasteiger partial charge in [-0.3, -0.25) is 4.79 Å². The maximum absolute atomic E-state index is 11.3. The van der Waals surface area contributed by atoms with Gasteiger partial charge < -0.3 is 10.6 Å². The second-order valence-corrected chi connectivity index (χ2v) is 6.50. The second kappa shape index (κ2) is 6.20. The van der Waals surface area contributed by atoms with Crippen LogP contribution in [0.5, 0.6) is 0 Å². The second-order valence-electron chi connectivity index (χ2n) is 4.03. The lowest BCUT2D eigenvalue weighted by molar-refractivity contribution is -0.124. The Labute approximate surface area is 96.9 Å². The smallest absolute Gasteiger partial charge is 0.237 e. The molecular formula is C10H20N2O3S. The molecule has 1 aliphatic heterocycles. The Morgan fingerprint density at radius 3 is 2.88 bits per heavy atom. The average Bonchev–Trinajstić information content (AvgIpc) is 2.27. The summed E-state index contributed by atoms with van der Waals surface area (Å²) in [7, 11) is -2.88. The largest absolute Gasteiger partial charge is 0.355 e.